The molecule has 0 radical (unpaired) electrons. The maximum Gasteiger partial charge on any atom is 0.319 e. The van der Waals surface area contributed by atoms with Crippen LogP contribution in [0.15, 0.2) is 29.6 Å². The number of ether oxygens (including phenoxy) is 1. The van der Waals surface area contributed by atoms with Gasteiger partial charge in [-0.25, -0.2) is 9.78 Å². The quantitative estimate of drug-likeness (QED) is 0.753. The molecule has 0 spiro atoms. The Labute approximate surface area is 147 Å². The molecule has 0 bridgehead atoms. The number of urea groups is 1. The SMILES string of the molecule is CCOCc1ccccc1NC(=O)NCCc1csc(C(C)C)n1. The number of carbonyl (C=O) groups is 1. The highest BCUT2D eigenvalue weighted by Gasteiger charge is 2.08. The summed E-state index contributed by atoms with van der Waals surface area (Å²) in [6.45, 7) is 7.91. The van der Waals surface area contributed by atoms with E-state index in [9.17, 15) is 4.79 Å². The Kier molecular flexibility index (Phi) is 7.21. The van der Waals surface area contributed by atoms with E-state index >= 15 is 0 Å². The molecule has 5 nitrogen and oxygen atoms in total. The summed E-state index contributed by atoms with van der Waals surface area (Å²) in [6.07, 6.45) is 0.733. The zero-order valence-electron chi connectivity index (χ0n) is 14.5. The average Bonchev–Trinajstić information content (AvgIpc) is 3.03. The number of anilines is 1. The van der Waals surface area contributed by atoms with Gasteiger partial charge in [0, 0.05) is 42.1 Å². The number of para-hydroxylation sites is 1. The first kappa shape index (κ1) is 18.4. The second kappa shape index (κ2) is 9.39. The lowest BCUT2D eigenvalue weighted by Gasteiger charge is -2.11. The largest absolute Gasteiger partial charge is 0.377 e. The van der Waals surface area contributed by atoms with Crippen LogP contribution in [0, 0.1) is 0 Å². The van der Waals surface area contributed by atoms with Crippen molar-refractivity contribution in [3.63, 3.8) is 0 Å². The number of nitrogens with one attached hydrogen (secondary N) is 2. The van der Waals surface area contributed by atoms with Crippen molar-refractivity contribution in [3.8, 4) is 0 Å². The molecule has 1 aromatic carbocycles. The summed E-state index contributed by atoms with van der Waals surface area (Å²) < 4.78 is 5.42. The van der Waals surface area contributed by atoms with E-state index in [1.807, 2.05) is 31.2 Å². The highest BCUT2D eigenvalue weighted by atomic mass is 32.1. The topological polar surface area (TPSA) is 63.2 Å². The van der Waals surface area contributed by atoms with Crippen LogP contribution in [-0.2, 0) is 17.8 Å². The fourth-order valence-electron chi connectivity index (χ4n) is 2.15. The number of hydrogen-bond donors (Lipinski definition) is 2. The molecule has 1 aromatic heterocycles. The molecule has 0 aliphatic rings. The molecular formula is C18H25N3O2S. The van der Waals surface area contributed by atoms with Crippen LogP contribution in [0.2, 0.25) is 0 Å². The summed E-state index contributed by atoms with van der Waals surface area (Å²) in [5.74, 6) is 0.446. The third-order valence-corrected chi connectivity index (χ3v) is 4.65. The van der Waals surface area contributed by atoms with Gasteiger partial charge in [-0.1, -0.05) is 32.0 Å². The number of thiazole rings is 1. The third-order valence-electron chi connectivity index (χ3n) is 3.46. The van der Waals surface area contributed by atoms with Gasteiger partial charge in [0.2, 0.25) is 0 Å². The van der Waals surface area contributed by atoms with Crippen molar-refractivity contribution in [2.75, 3.05) is 18.5 Å². The first-order chi connectivity index (χ1) is 11.6. The molecule has 130 valence electrons. The lowest BCUT2D eigenvalue weighted by atomic mass is 10.2. The number of carbonyl (C=O) groups excluding carboxylic acids is 1. The van der Waals surface area contributed by atoms with E-state index in [0.29, 0.717) is 25.7 Å². The zero-order valence-corrected chi connectivity index (χ0v) is 15.3. The van der Waals surface area contributed by atoms with Crippen LogP contribution in [0.3, 0.4) is 0 Å². The number of benzene rings is 1. The van der Waals surface area contributed by atoms with Crippen molar-refractivity contribution in [2.24, 2.45) is 0 Å². The Morgan fingerprint density at radius 2 is 2.12 bits per heavy atom. The third kappa shape index (κ3) is 5.62. The van der Waals surface area contributed by atoms with Gasteiger partial charge in [-0.05, 0) is 13.0 Å². The van der Waals surface area contributed by atoms with Gasteiger partial charge in [0.1, 0.15) is 0 Å². The minimum atomic E-state index is -0.210. The minimum absolute atomic E-state index is 0.210. The van der Waals surface area contributed by atoms with E-state index in [2.05, 4.69) is 34.8 Å². The van der Waals surface area contributed by atoms with Gasteiger partial charge in [0.25, 0.3) is 0 Å². The molecule has 1 heterocycles. The second-order valence-electron chi connectivity index (χ2n) is 5.76. The number of hydrogen-bond acceptors (Lipinski definition) is 4. The highest BCUT2D eigenvalue weighted by molar-refractivity contribution is 7.09. The van der Waals surface area contributed by atoms with E-state index in [-0.39, 0.29) is 6.03 Å². The molecule has 2 N–H and O–H groups in total. The Morgan fingerprint density at radius 1 is 1.33 bits per heavy atom. The fraction of sp³-hybridized carbons (Fsp3) is 0.444. The first-order valence-corrected chi connectivity index (χ1v) is 9.13. The molecule has 0 saturated heterocycles. The summed E-state index contributed by atoms with van der Waals surface area (Å²) >= 11 is 1.68. The molecule has 0 aliphatic carbocycles. The standard InChI is InChI=1S/C18H25N3O2S/c1-4-23-11-14-7-5-6-8-16(14)21-18(22)19-10-9-15-12-24-17(20-15)13(2)3/h5-8,12-13H,4,9-11H2,1-3H3,(H2,19,21,22). The Morgan fingerprint density at radius 3 is 2.83 bits per heavy atom. The summed E-state index contributed by atoms with van der Waals surface area (Å²) in [5, 5.41) is 8.96. The molecule has 24 heavy (non-hydrogen) atoms. The Balaban J connectivity index is 1.80. The minimum Gasteiger partial charge on any atom is -0.377 e. The number of nitrogens with zero attached hydrogens (tertiary/aromatic N) is 1. The first-order valence-electron chi connectivity index (χ1n) is 8.25. The Hall–Kier alpha value is -1.92. The van der Waals surface area contributed by atoms with E-state index in [4.69, 9.17) is 4.74 Å². The monoisotopic (exact) mass is 347 g/mol. The predicted molar refractivity (Wildman–Crippen MR) is 98.7 cm³/mol. The van der Waals surface area contributed by atoms with Crippen LogP contribution < -0.4 is 10.6 Å². The van der Waals surface area contributed by atoms with Gasteiger partial charge in [-0.2, -0.15) is 0 Å². The molecule has 0 aliphatic heterocycles. The number of rotatable bonds is 8. The Bertz CT molecular complexity index is 655. The van der Waals surface area contributed by atoms with Crippen LogP contribution in [-0.4, -0.2) is 24.2 Å². The highest BCUT2D eigenvalue weighted by Crippen LogP contribution is 2.19. The lowest BCUT2D eigenvalue weighted by Crippen LogP contribution is -2.30. The van der Waals surface area contributed by atoms with Crippen molar-refractivity contribution in [3.05, 3.63) is 45.9 Å². The fourth-order valence-corrected chi connectivity index (χ4v) is 3.02. The summed E-state index contributed by atoms with van der Waals surface area (Å²) in [5.41, 5.74) is 2.77. The summed E-state index contributed by atoms with van der Waals surface area (Å²) in [7, 11) is 0. The molecule has 0 saturated carbocycles. The van der Waals surface area contributed by atoms with E-state index in [1.165, 1.54) is 0 Å². The predicted octanol–water partition coefficient (Wildman–Crippen LogP) is 4.17. The smallest absolute Gasteiger partial charge is 0.319 e. The second-order valence-corrected chi connectivity index (χ2v) is 6.65. The average molecular weight is 347 g/mol. The van der Waals surface area contributed by atoms with Crippen LogP contribution in [0.4, 0.5) is 10.5 Å². The van der Waals surface area contributed by atoms with E-state index < -0.39 is 0 Å². The molecule has 2 amide bonds. The van der Waals surface area contributed by atoms with Crippen LogP contribution in [0.5, 0.6) is 0 Å². The van der Waals surface area contributed by atoms with Crippen molar-refractivity contribution >= 4 is 23.1 Å². The van der Waals surface area contributed by atoms with Gasteiger partial charge in [-0.3, -0.25) is 0 Å². The van der Waals surface area contributed by atoms with Crippen molar-refractivity contribution in [1.82, 2.24) is 10.3 Å². The molecule has 0 fully saturated rings. The number of aromatic nitrogens is 1. The van der Waals surface area contributed by atoms with Crippen LogP contribution in [0.25, 0.3) is 0 Å². The van der Waals surface area contributed by atoms with Crippen LogP contribution >= 0.6 is 11.3 Å². The molecule has 0 atom stereocenters. The van der Waals surface area contributed by atoms with Gasteiger partial charge >= 0.3 is 6.03 Å². The van der Waals surface area contributed by atoms with Gasteiger partial charge in [0.15, 0.2) is 0 Å². The molecule has 2 rings (SSSR count). The van der Waals surface area contributed by atoms with Gasteiger partial charge < -0.3 is 15.4 Å². The molecule has 6 heteroatoms. The van der Waals surface area contributed by atoms with Crippen LogP contribution in [0.1, 0.15) is 43.0 Å². The zero-order chi connectivity index (χ0) is 17.4. The van der Waals surface area contributed by atoms with Crippen molar-refractivity contribution < 1.29 is 9.53 Å². The molecular weight excluding hydrogens is 322 g/mol. The lowest BCUT2D eigenvalue weighted by molar-refractivity contribution is 0.134. The van der Waals surface area contributed by atoms with Gasteiger partial charge in [-0.15, -0.1) is 11.3 Å². The van der Waals surface area contributed by atoms with E-state index in [0.717, 1.165) is 28.4 Å². The normalized spacial score (nSPS) is 10.8. The maximum absolute atomic E-state index is 12.1. The maximum atomic E-state index is 12.1. The van der Waals surface area contributed by atoms with E-state index in [1.54, 1.807) is 11.3 Å². The van der Waals surface area contributed by atoms with Gasteiger partial charge in [0.05, 0.1) is 17.3 Å². The van der Waals surface area contributed by atoms with Crippen molar-refractivity contribution in [2.45, 2.75) is 39.7 Å². The van der Waals surface area contributed by atoms with Crippen molar-refractivity contribution in [1.29, 1.82) is 0 Å². The molecule has 0 unspecified atom stereocenters. The number of amides is 2. The summed E-state index contributed by atoms with van der Waals surface area (Å²) in [6, 6.07) is 7.45. The molecule has 2 aromatic rings. The summed E-state index contributed by atoms with van der Waals surface area (Å²) in [4.78, 5) is 16.6.